The molecule has 84 valence electrons. The van der Waals surface area contributed by atoms with E-state index in [0.29, 0.717) is 12.0 Å². The second kappa shape index (κ2) is 4.72. The Labute approximate surface area is 89.8 Å². The Morgan fingerprint density at radius 1 is 1.73 bits per heavy atom. The summed E-state index contributed by atoms with van der Waals surface area (Å²) in [6, 6.07) is 0.317. The molecule has 0 saturated carbocycles. The van der Waals surface area contributed by atoms with Gasteiger partial charge in [0, 0.05) is 19.6 Å². The third kappa shape index (κ3) is 2.18. The molecule has 0 aromatic carbocycles. The second-order valence-corrected chi connectivity index (χ2v) is 3.94. The molecular weight excluding hydrogens is 192 g/mol. The normalized spacial score (nSPS) is 23.2. The number of hydrogen-bond donors (Lipinski definition) is 1. The van der Waals surface area contributed by atoms with Crippen LogP contribution >= 0.6 is 0 Å². The van der Waals surface area contributed by atoms with Crippen molar-refractivity contribution in [3.05, 3.63) is 11.9 Å². The third-order valence-corrected chi connectivity index (χ3v) is 2.93. The number of nitrogens with zero attached hydrogens (tertiary/aromatic N) is 3. The van der Waals surface area contributed by atoms with E-state index in [9.17, 15) is 0 Å². The number of aryl methyl sites for hydroxylation is 1. The van der Waals surface area contributed by atoms with Crippen molar-refractivity contribution in [1.29, 1.82) is 0 Å². The van der Waals surface area contributed by atoms with Crippen LogP contribution in [0.1, 0.15) is 25.1 Å². The second-order valence-electron chi connectivity index (χ2n) is 3.94. The van der Waals surface area contributed by atoms with Crippen molar-refractivity contribution in [3.8, 4) is 0 Å². The van der Waals surface area contributed by atoms with Crippen LogP contribution in [0.5, 0.6) is 0 Å². The minimum Gasteiger partial charge on any atom is -0.381 e. The van der Waals surface area contributed by atoms with Gasteiger partial charge in [-0.25, -0.2) is 0 Å². The number of ether oxygens (including phenoxy) is 1. The number of aromatic nitrogens is 3. The van der Waals surface area contributed by atoms with E-state index in [-0.39, 0.29) is 0 Å². The van der Waals surface area contributed by atoms with Gasteiger partial charge in [0.05, 0.1) is 24.5 Å². The Morgan fingerprint density at radius 2 is 2.60 bits per heavy atom. The van der Waals surface area contributed by atoms with E-state index in [2.05, 4.69) is 22.6 Å². The predicted octanol–water partition coefficient (Wildman–Crippen LogP) is 0.502. The fourth-order valence-electron chi connectivity index (χ4n) is 2.13. The molecule has 0 bridgehead atoms. The molecule has 1 fully saturated rings. The molecule has 5 heteroatoms. The first-order valence-electron chi connectivity index (χ1n) is 5.48. The smallest absolute Gasteiger partial charge is 0.0756 e. The van der Waals surface area contributed by atoms with Crippen LogP contribution < -0.4 is 5.32 Å². The number of hydrogen-bond acceptors (Lipinski definition) is 4. The monoisotopic (exact) mass is 210 g/mol. The summed E-state index contributed by atoms with van der Waals surface area (Å²) in [4.78, 5) is 0. The highest BCUT2D eigenvalue weighted by molar-refractivity contribution is 5.04. The van der Waals surface area contributed by atoms with Gasteiger partial charge < -0.3 is 10.1 Å². The van der Waals surface area contributed by atoms with Crippen molar-refractivity contribution >= 4 is 0 Å². The van der Waals surface area contributed by atoms with Crippen molar-refractivity contribution in [2.45, 2.75) is 19.4 Å². The maximum atomic E-state index is 5.43. The van der Waals surface area contributed by atoms with Crippen LogP contribution in [-0.4, -0.2) is 34.8 Å². The molecule has 1 aliphatic heterocycles. The van der Waals surface area contributed by atoms with E-state index >= 15 is 0 Å². The van der Waals surface area contributed by atoms with Gasteiger partial charge in [0.1, 0.15) is 0 Å². The zero-order valence-corrected chi connectivity index (χ0v) is 9.31. The largest absolute Gasteiger partial charge is 0.381 e. The minimum atomic E-state index is 0.317. The van der Waals surface area contributed by atoms with Crippen molar-refractivity contribution < 1.29 is 4.74 Å². The molecule has 2 unspecified atom stereocenters. The number of rotatable bonds is 4. The Kier molecular flexibility index (Phi) is 3.33. The van der Waals surface area contributed by atoms with Gasteiger partial charge in [-0.3, -0.25) is 4.68 Å². The zero-order valence-electron chi connectivity index (χ0n) is 9.31. The van der Waals surface area contributed by atoms with Crippen LogP contribution in [0.4, 0.5) is 0 Å². The quantitative estimate of drug-likeness (QED) is 0.786. The van der Waals surface area contributed by atoms with Gasteiger partial charge in [-0.15, -0.1) is 5.10 Å². The van der Waals surface area contributed by atoms with Crippen molar-refractivity contribution in [2.75, 3.05) is 19.8 Å². The first-order chi connectivity index (χ1) is 7.33. The molecule has 0 spiro atoms. The summed E-state index contributed by atoms with van der Waals surface area (Å²) in [7, 11) is 1.93. The summed E-state index contributed by atoms with van der Waals surface area (Å²) < 4.78 is 7.27. The van der Waals surface area contributed by atoms with E-state index in [1.165, 1.54) is 0 Å². The number of nitrogens with one attached hydrogen (secondary N) is 1. The molecule has 0 aliphatic carbocycles. The molecule has 15 heavy (non-hydrogen) atoms. The maximum absolute atomic E-state index is 5.43. The highest BCUT2D eigenvalue weighted by atomic mass is 16.5. The van der Waals surface area contributed by atoms with Gasteiger partial charge in [-0.1, -0.05) is 12.1 Å². The molecule has 1 aromatic heterocycles. The van der Waals surface area contributed by atoms with Crippen molar-refractivity contribution in [3.63, 3.8) is 0 Å². The summed E-state index contributed by atoms with van der Waals surface area (Å²) in [6.07, 6.45) is 2.95. The molecule has 5 nitrogen and oxygen atoms in total. The summed E-state index contributed by atoms with van der Waals surface area (Å²) >= 11 is 0. The highest BCUT2D eigenvalue weighted by Gasteiger charge is 2.28. The molecule has 1 saturated heterocycles. The van der Waals surface area contributed by atoms with Crippen molar-refractivity contribution in [1.82, 2.24) is 20.3 Å². The molecule has 2 atom stereocenters. The van der Waals surface area contributed by atoms with E-state index in [4.69, 9.17) is 4.74 Å². The van der Waals surface area contributed by atoms with Crippen LogP contribution in [0.25, 0.3) is 0 Å². The summed E-state index contributed by atoms with van der Waals surface area (Å²) in [5.41, 5.74) is 1.15. The summed E-state index contributed by atoms with van der Waals surface area (Å²) in [5.74, 6) is 0.544. The fourth-order valence-corrected chi connectivity index (χ4v) is 2.13. The molecular formula is C10H18N4O. The van der Waals surface area contributed by atoms with E-state index in [1.807, 2.05) is 17.9 Å². The molecule has 2 rings (SSSR count). The van der Waals surface area contributed by atoms with Gasteiger partial charge in [-0.05, 0) is 13.0 Å². The highest BCUT2D eigenvalue weighted by Crippen LogP contribution is 2.27. The van der Waals surface area contributed by atoms with Gasteiger partial charge in [0.25, 0.3) is 0 Å². The summed E-state index contributed by atoms with van der Waals surface area (Å²) in [6.45, 7) is 4.78. The maximum Gasteiger partial charge on any atom is 0.0756 e. The minimum absolute atomic E-state index is 0.317. The lowest BCUT2D eigenvalue weighted by atomic mass is 9.96. The van der Waals surface area contributed by atoms with Crippen LogP contribution in [-0.2, 0) is 11.8 Å². The Balaban J connectivity index is 2.15. The Morgan fingerprint density at radius 3 is 3.13 bits per heavy atom. The van der Waals surface area contributed by atoms with Crippen LogP contribution in [0.2, 0.25) is 0 Å². The van der Waals surface area contributed by atoms with Crippen molar-refractivity contribution in [2.24, 2.45) is 13.0 Å². The average Bonchev–Trinajstić information content (AvgIpc) is 2.85. The van der Waals surface area contributed by atoms with E-state index < -0.39 is 0 Å². The first kappa shape index (κ1) is 10.6. The van der Waals surface area contributed by atoms with E-state index in [1.54, 1.807) is 0 Å². The van der Waals surface area contributed by atoms with Crippen LogP contribution in [0.15, 0.2) is 6.20 Å². The summed E-state index contributed by atoms with van der Waals surface area (Å²) in [5, 5.41) is 11.4. The molecule has 1 aliphatic rings. The lowest BCUT2D eigenvalue weighted by Crippen LogP contribution is -2.30. The molecule has 0 amide bonds. The predicted molar refractivity (Wildman–Crippen MR) is 56.3 cm³/mol. The lowest BCUT2D eigenvalue weighted by Gasteiger charge is -2.22. The topological polar surface area (TPSA) is 52.0 Å². The zero-order chi connectivity index (χ0) is 10.7. The average molecular weight is 210 g/mol. The van der Waals surface area contributed by atoms with Gasteiger partial charge in [-0.2, -0.15) is 0 Å². The molecule has 0 radical (unpaired) electrons. The SMILES string of the molecule is CCNC(c1cnnn1C)C1CCOC1. The van der Waals surface area contributed by atoms with E-state index in [0.717, 1.165) is 31.9 Å². The van der Waals surface area contributed by atoms with Gasteiger partial charge in [0.15, 0.2) is 0 Å². The fraction of sp³-hybridized carbons (Fsp3) is 0.800. The van der Waals surface area contributed by atoms with Crippen LogP contribution in [0.3, 0.4) is 0 Å². The van der Waals surface area contributed by atoms with Crippen LogP contribution in [0, 0.1) is 5.92 Å². The molecule has 1 aromatic rings. The van der Waals surface area contributed by atoms with Gasteiger partial charge in [0.2, 0.25) is 0 Å². The lowest BCUT2D eigenvalue weighted by molar-refractivity contribution is 0.176. The Hall–Kier alpha value is -0.940. The van der Waals surface area contributed by atoms with Gasteiger partial charge >= 0.3 is 0 Å². The third-order valence-electron chi connectivity index (χ3n) is 2.93. The molecule has 2 heterocycles. The molecule has 1 N–H and O–H groups in total. The standard InChI is InChI=1S/C10H18N4O/c1-3-11-10(8-4-5-15-7-8)9-6-12-13-14(9)2/h6,8,10-11H,3-5,7H2,1-2H3. The first-order valence-corrected chi connectivity index (χ1v) is 5.48. The Bertz CT molecular complexity index is 306.